The van der Waals surface area contributed by atoms with Crippen molar-refractivity contribution in [3.63, 3.8) is 0 Å². The third kappa shape index (κ3) is 1.80. The van der Waals surface area contributed by atoms with Gasteiger partial charge in [0.2, 0.25) is 0 Å². The summed E-state index contributed by atoms with van der Waals surface area (Å²) in [6.07, 6.45) is 9.14. The zero-order chi connectivity index (χ0) is 8.10. The summed E-state index contributed by atoms with van der Waals surface area (Å²) in [5.41, 5.74) is 0.822. The molecule has 0 atom stereocenters. The van der Waals surface area contributed by atoms with E-state index < -0.39 is 0 Å². The molecule has 0 amide bonds. The fraction of sp³-hybridized carbons (Fsp3) is 0.222. The molecule has 58 valence electrons. The summed E-state index contributed by atoms with van der Waals surface area (Å²) in [6, 6.07) is 0. The van der Waals surface area contributed by atoms with Crippen molar-refractivity contribution in [3.05, 3.63) is 29.3 Å². The molecule has 0 N–H and O–H groups in total. The lowest BCUT2D eigenvalue weighted by Gasteiger charge is -1.71. The molecule has 11 heavy (non-hydrogen) atoms. The Morgan fingerprint density at radius 1 is 1.45 bits per heavy atom. The second-order valence-electron chi connectivity index (χ2n) is 2.08. The molecule has 2 heteroatoms. The maximum absolute atomic E-state index is 5.08. The van der Waals surface area contributed by atoms with Gasteiger partial charge in [-0.05, 0) is 26.0 Å². The molecule has 0 aromatic carbocycles. The first-order chi connectivity index (χ1) is 5.38. The van der Waals surface area contributed by atoms with Gasteiger partial charge in [-0.2, -0.15) is 0 Å². The minimum Gasteiger partial charge on any atom is -0.444 e. The normalized spacial score (nSPS) is 15.1. The lowest BCUT2D eigenvalue weighted by Crippen LogP contribution is -2.20. The Hall–Kier alpha value is -1.31. The van der Waals surface area contributed by atoms with Crippen LogP contribution in [-0.2, 0) is 0 Å². The molecule has 0 unspecified atom stereocenters. The minimum atomic E-state index is 0.822. The van der Waals surface area contributed by atoms with Crippen LogP contribution in [-0.4, -0.2) is 4.98 Å². The average Bonchev–Trinajstić information content (AvgIpc) is 2.47. The number of oxazole rings is 1. The predicted molar refractivity (Wildman–Crippen MR) is 45.2 cm³/mol. The first-order valence-electron chi connectivity index (χ1n) is 3.57. The van der Waals surface area contributed by atoms with Gasteiger partial charge in [-0.1, -0.05) is 12.2 Å². The first kappa shape index (κ1) is 7.79. The quantitative estimate of drug-likeness (QED) is 0.591. The molecular formula is C9H11NO. The first-order valence-corrected chi connectivity index (χ1v) is 3.57. The maximum Gasteiger partial charge on any atom is 0.181 e. The molecule has 0 fully saturated rings. The van der Waals surface area contributed by atoms with E-state index in [1.807, 2.05) is 38.2 Å². The van der Waals surface area contributed by atoms with Crippen molar-refractivity contribution >= 4 is 12.2 Å². The van der Waals surface area contributed by atoms with Crippen LogP contribution in [0.25, 0.3) is 12.2 Å². The average molecular weight is 149 g/mol. The zero-order valence-corrected chi connectivity index (χ0v) is 6.74. The number of rotatable bonds is 1. The molecule has 0 aliphatic rings. The van der Waals surface area contributed by atoms with Gasteiger partial charge in [-0.3, -0.25) is 0 Å². The van der Waals surface area contributed by atoms with E-state index in [1.54, 1.807) is 0 Å². The molecule has 0 aliphatic carbocycles. The van der Waals surface area contributed by atoms with Gasteiger partial charge < -0.3 is 4.42 Å². The lowest BCUT2D eigenvalue weighted by molar-refractivity contribution is 0.524. The Morgan fingerprint density at radius 3 is 2.91 bits per heavy atom. The number of allylic oxidation sites excluding steroid dienone is 2. The monoisotopic (exact) mass is 149 g/mol. The van der Waals surface area contributed by atoms with E-state index in [4.69, 9.17) is 4.42 Å². The summed E-state index contributed by atoms with van der Waals surface area (Å²) in [6.45, 7) is 3.89. The van der Waals surface area contributed by atoms with Crippen LogP contribution in [0.1, 0.15) is 13.8 Å². The van der Waals surface area contributed by atoms with Gasteiger partial charge in [-0.25, -0.2) is 4.98 Å². The van der Waals surface area contributed by atoms with Crippen molar-refractivity contribution in [2.45, 2.75) is 13.8 Å². The van der Waals surface area contributed by atoms with E-state index in [0.717, 1.165) is 10.8 Å². The molecule has 0 spiro atoms. The molecule has 2 nitrogen and oxygen atoms in total. The Bertz CT molecular complexity index is 346. The lowest BCUT2D eigenvalue weighted by atomic mass is 10.4. The largest absolute Gasteiger partial charge is 0.444 e. The Kier molecular flexibility index (Phi) is 2.66. The highest BCUT2D eigenvalue weighted by Gasteiger charge is 1.84. The molecule has 1 aromatic heterocycles. The van der Waals surface area contributed by atoms with Crippen LogP contribution in [0, 0.1) is 0 Å². The van der Waals surface area contributed by atoms with E-state index in [1.165, 1.54) is 6.39 Å². The van der Waals surface area contributed by atoms with Crippen LogP contribution >= 0.6 is 0 Å². The molecular weight excluding hydrogens is 138 g/mol. The van der Waals surface area contributed by atoms with Crippen molar-refractivity contribution in [1.82, 2.24) is 4.98 Å². The summed E-state index contributed by atoms with van der Waals surface area (Å²) >= 11 is 0. The Balaban J connectivity index is 3.23. The van der Waals surface area contributed by atoms with Crippen LogP contribution in [0.5, 0.6) is 0 Å². The van der Waals surface area contributed by atoms with E-state index in [2.05, 4.69) is 4.98 Å². The van der Waals surface area contributed by atoms with Crippen LogP contribution in [0.2, 0.25) is 0 Å². The Morgan fingerprint density at radius 2 is 2.27 bits per heavy atom. The van der Waals surface area contributed by atoms with Gasteiger partial charge in [0.25, 0.3) is 0 Å². The summed E-state index contributed by atoms with van der Waals surface area (Å²) in [5.74, 6) is 0. The highest BCUT2D eigenvalue weighted by molar-refractivity contribution is 5.34. The van der Waals surface area contributed by atoms with Crippen molar-refractivity contribution in [2.24, 2.45) is 0 Å². The summed E-state index contributed by atoms with van der Waals surface area (Å²) in [4.78, 5) is 4.02. The molecule has 0 bridgehead atoms. The topological polar surface area (TPSA) is 26.0 Å². The van der Waals surface area contributed by atoms with E-state index >= 15 is 0 Å². The van der Waals surface area contributed by atoms with Gasteiger partial charge in [-0.15, -0.1) is 0 Å². The van der Waals surface area contributed by atoms with Crippen LogP contribution in [0.15, 0.2) is 23.0 Å². The molecule has 1 rings (SSSR count). The molecule has 0 saturated heterocycles. The van der Waals surface area contributed by atoms with Gasteiger partial charge >= 0.3 is 0 Å². The van der Waals surface area contributed by atoms with Gasteiger partial charge in [0.15, 0.2) is 6.39 Å². The number of hydrogen-bond acceptors (Lipinski definition) is 2. The molecule has 0 radical (unpaired) electrons. The second kappa shape index (κ2) is 3.76. The molecule has 1 heterocycles. The summed E-state index contributed by atoms with van der Waals surface area (Å²) < 4.78 is 5.08. The number of nitrogens with zero attached hydrogens (tertiary/aromatic N) is 1. The highest BCUT2D eigenvalue weighted by Crippen LogP contribution is 1.70. The van der Waals surface area contributed by atoms with Crippen LogP contribution < -0.4 is 10.8 Å². The summed E-state index contributed by atoms with van der Waals surface area (Å²) in [7, 11) is 0. The molecule has 1 aromatic rings. The van der Waals surface area contributed by atoms with Crippen LogP contribution in [0.3, 0.4) is 0 Å². The van der Waals surface area contributed by atoms with E-state index in [9.17, 15) is 0 Å². The van der Waals surface area contributed by atoms with E-state index in [-0.39, 0.29) is 0 Å². The SMILES string of the molecule is C/C=C/C=c1/nco/c1=C/C. The second-order valence-corrected chi connectivity index (χ2v) is 2.08. The number of aromatic nitrogens is 1. The fourth-order valence-corrected chi connectivity index (χ4v) is 0.792. The third-order valence-corrected chi connectivity index (χ3v) is 1.33. The predicted octanol–water partition coefficient (Wildman–Crippen LogP) is 0.832. The zero-order valence-electron chi connectivity index (χ0n) is 6.74. The fourth-order valence-electron chi connectivity index (χ4n) is 0.792. The van der Waals surface area contributed by atoms with Gasteiger partial charge in [0, 0.05) is 0 Å². The molecule has 0 aliphatic heterocycles. The highest BCUT2D eigenvalue weighted by atomic mass is 16.3. The van der Waals surface area contributed by atoms with Crippen molar-refractivity contribution in [2.75, 3.05) is 0 Å². The van der Waals surface area contributed by atoms with Crippen molar-refractivity contribution in [1.29, 1.82) is 0 Å². The number of hydrogen-bond donors (Lipinski definition) is 0. The maximum atomic E-state index is 5.08. The third-order valence-electron chi connectivity index (χ3n) is 1.33. The van der Waals surface area contributed by atoms with Crippen molar-refractivity contribution in [3.8, 4) is 0 Å². The molecule has 0 saturated carbocycles. The van der Waals surface area contributed by atoms with Crippen LogP contribution in [0.4, 0.5) is 0 Å². The Labute approximate surface area is 65.6 Å². The smallest absolute Gasteiger partial charge is 0.181 e. The standard InChI is InChI=1S/C9H11NO/c1-3-5-6-8-9(4-2)11-7-10-8/h3-7H,1-2H3/b5-3+,8-6+,9-4+. The van der Waals surface area contributed by atoms with Crippen molar-refractivity contribution < 1.29 is 4.42 Å². The van der Waals surface area contributed by atoms with E-state index in [0.29, 0.717) is 0 Å². The summed E-state index contributed by atoms with van der Waals surface area (Å²) in [5, 5.41) is 0.880. The van der Waals surface area contributed by atoms with Gasteiger partial charge in [0.05, 0.1) is 0 Å². The minimum absolute atomic E-state index is 0.822. The van der Waals surface area contributed by atoms with Gasteiger partial charge in [0.1, 0.15) is 10.8 Å².